The van der Waals surface area contributed by atoms with Crippen LogP contribution in [-0.2, 0) is 0 Å². The van der Waals surface area contributed by atoms with Crippen LogP contribution in [0.3, 0.4) is 0 Å². The molecule has 0 fully saturated rings. The summed E-state index contributed by atoms with van der Waals surface area (Å²) in [6.07, 6.45) is 0. The van der Waals surface area contributed by atoms with Crippen LogP contribution in [0.2, 0.25) is 0 Å². The first-order valence-corrected chi connectivity index (χ1v) is 21.6. The first-order chi connectivity index (χ1) is 31.3. The maximum absolute atomic E-state index is 5.44. The highest BCUT2D eigenvalue weighted by Gasteiger charge is 2.25. The molecule has 0 amide bonds. The Morgan fingerprint density at radius 1 is 0.317 bits per heavy atom. The van der Waals surface area contributed by atoms with Gasteiger partial charge in [-0.05, 0) is 88.3 Å². The minimum Gasteiger partial charge on any atom is -0.309 e. The summed E-state index contributed by atoms with van der Waals surface area (Å²) in [6.45, 7) is 0. The number of para-hydroxylation sites is 5. The van der Waals surface area contributed by atoms with Crippen molar-refractivity contribution in [3.8, 4) is 22.8 Å². The van der Waals surface area contributed by atoms with E-state index in [4.69, 9.17) is 9.97 Å². The zero-order valence-electron chi connectivity index (χ0n) is 33.8. The predicted molar refractivity (Wildman–Crippen MR) is 263 cm³/mol. The van der Waals surface area contributed by atoms with Gasteiger partial charge in [-0.1, -0.05) is 133 Å². The van der Waals surface area contributed by atoms with Gasteiger partial charge in [0.2, 0.25) is 0 Å². The van der Waals surface area contributed by atoms with Crippen molar-refractivity contribution < 1.29 is 0 Å². The van der Waals surface area contributed by atoms with Gasteiger partial charge in [-0.25, -0.2) is 9.97 Å². The van der Waals surface area contributed by atoms with E-state index in [9.17, 15) is 0 Å². The van der Waals surface area contributed by atoms with Crippen LogP contribution in [-0.4, -0.2) is 23.5 Å². The summed E-state index contributed by atoms with van der Waals surface area (Å²) in [7, 11) is 0. The summed E-state index contributed by atoms with van der Waals surface area (Å²) < 4.78 is 7.28. The first-order valence-electron chi connectivity index (χ1n) is 21.6. The van der Waals surface area contributed by atoms with Crippen LogP contribution in [0.4, 0.5) is 0 Å². The highest BCUT2D eigenvalue weighted by molar-refractivity contribution is 6.36. The van der Waals surface area contributed by atoms with Crippen molar-refractivity contribution in [2.45, 2.75) is 0 Å². The van der Waals surface area contributed by atoms with Gasteiger partial charge in [0, 0.05) is 54.3 Å². The van der Waals surface area contributed by atoms with Crippen molar-refractivity contribution in [3.05, 3.63) is 200 Å². The Balaban J connectivity index is 1.02. The molecule has 0 spiro atoms. The van der Waals surface area contributed by atoms with E-state index in [0.29, 0.717) is 0 Å². The van der Waals surface area contributed by atoms with Gasteiger partial charge in [-0.15, -0.1) is 0 Å². The van der Waals surface area contributed by atoms with Gasteiger partial charge in [-0.3, -0.25) is 4.57 Å². The molecule has 0 N–H and O–H groups in total. The lowest BCUT2D eigenvalue weighted by atomic mass is 10.0. The molecule has 0 saturated carbocycles. The minimum atomic E-state index is 0.812. The van der Waals surface area contributed by atoms with Crippen molar-refractivity contribution in [1.82, 2.24) is 23.5 Å². The van der Waals surface area contributed by atoms with Gasteiger partial charge >= 0.3 is 0 Å². The summed E-state index contributed by atoms with van der Waals surface area (Å²) in [5.41, 5.74) is 13.0. The number of aromatic nitrogens is 5. The van der Waals surface area contributed by atoms with Crippen LogP contribution in [0.5, 0.6) is 0 Å². The monoisotopic (exact) mass is 799 g/mol. The van der Waals surface area contributed by atoms with Crippen LogP contribution >= 0.6 is 0 Å². The number of benzene rings is 10. The van der Waals surface area contributed by atoms with Crippen LogP contribution in [0.25, 0.3) is 137 Å². The Hall–Kier alpha value is -8.54. The maximum Gasteiger partial charge on any atom is 0.165 e. The molecule has 15 rings (SSSR count). The molecule has 0 unspecified atom stereocenters. The molecule has 0 atom stereocenters. The van der Waals surface area contributed by atoms with Crippen molar-refractivity contribution >= 4 is 114 Å². The number of hydrogen-bond donors (Lipinski definition) is 0. The summed E-state index contributed by atoms with van der Waals surface area (Å²) in [4.78, 5) is 10.9. The molecule has 0 aliphatic heterocycles. The van der Waals surface area contributed by atoms with E-state index < -0.39 is 0 Å². The average molecular weight is 800 g/mol. The molecule has 15 aromatic rings. The fourth-order valence-electron chi connectivity index (χ4n) is 11.1. The normalized spacial score (nSPS) is 12.4. The highest BCUT2D eigenvalue weighted by atomic mass is 15.1. The second-order valence-electron chi connectivity index (χ2n) is 16.9. The summed E-state index contributed by atoms with van der Waals surface area (Å²) in [5, 5.41) is 15.0. The number of rotatable bonds is 3. The molecule has 5 heterocycles. The Bertz CT molecular complexity index is 4430. The number of nitrogens with zero attached hydrogens (tertiary/aromatic N) is 5. The molecule has 5 nitrogen and oxygen atoms in total. The largest absolute Gasteiger partial charge is 0.309 e. The summed E-state index contributed by atoms with van der Waals surface area (Å²) >= 11 is 0. The molecule has 10 aromatic carbocycles. The van der Waals surface area contributed by atoms with Gasteiger partial charge in [-0.2, -0.15) is 0 Å². The van der Waals surface area contributed by atoms with Crippen molar-refractivity contribution in [3.63, 3.8) is 0 Å². The van der Waals surface area contributed by atoms with Crippen molar-refractivity contribution in [2.24, 2.45) is 0 Å². The fourth-order valence-corrected chi connectivity index (χ4v) is 11.1. The topological polar surface area (TPSA) is 40.1 Å². The lowest BCUT2D eigenvalue weighted by Crippen LogP contribution is -2.04. The Morgan fingerprint density at radius 2 is 0.921 bits per heavy atom. The average Bonchev–Trinajstić information content (AvgIpc) is 4.07. The maximum atomic E-state index is 5.44. The zero-order chi connectivity index (χ0) is 40.9. The van der Waals surface area contributed by atoms with E-state index in [-0.39, 0.29) is 0 Å². The molecule has 5 heteroatoms. The summed E-state index contributed by atoms with van der Waals surface area (Å²) in [6, 6.07) is 72.7. The first kappa shape index (κ1) is 33.2. The Morgan fingerprint density at radius 3 is 1.70 bits per heavy atom. The van der Waals surface area contributed by atoms with Crippen molar-refractivity contribution in [2.75, 3.05) is 0 Å². The van der Waals surface area contributed by atoms with Crippen LogP contribution in [0.15, 0.2) is 200 Å². The smallest absolute Gasteiger partial charge is 0.165 e. The minimum absolute atomic E-state index is 0.812. The fraction of sp³-hybridized carbons (Fsp3) is 0. The second-order valence-corrected chi connectivity index (χ2v) is 16.9. The molecule has 0 saturated heterocycles. The Labute approximate surface area is 359 Å². The number of fused-ring (bicyclic) bond motifs is 17. The van der Waals surface area contributed by atoms with Gasteiger partial charge < -0.3 is 8.97 Å². The van der Waals surface area contributed by atoms with E-state index in [1.54, 1.807) is 0 Å². The third-order valence-corrected chi connectivity index (χ3v) is 13.7. The van der Waals surface area contributed by atoms with Crippen LogP contribution in [0, 0.1) is 0 Å². The molecule has 63 heavy (non-hydrogen) atoms. The van der Waals surface area contributed by atoms with E-state index >= 15 is 0 Å². The quantitative estimate of drug-likeness (QED) is 0.179. The predicted octanol–water partition coefficient (Wildman–Crippen LogP) is 14.9. The van der Waals surface area contributed by atoms with Gasteiger partial charge in [0.05, 0.1) is 49.7 Å². The van der Waals surface area contributed by atoms with E-state index in [0.717, 1.165) is 44.8 Å². The lowest BCUT2D eigenvalue weighted by Gasteiger charge is -2.15. The van der Waals surface area contributed by atoms with E-state index in [1.165, 1.54) is 92.2 Å². The van der Waals surface area contributed by atoms with Crippen LogP contribution in [0.1, 0.15) is 0 Å². The standard InChI is InChI=1S/C58H33N5/c1-2-15-37-32-51-44(31-36(37)14-1)54-52(33-43-40-17-5-10-22-47(40)62-48-23-11-7-19-42(48)55(54)57(43)62)61(51)38-28-25-35(26-29-38)56-58(60-46-21-9-8-20-45(46)59-56)63-49-24-12-6-18-41(49)53-39-16-4-3-13-34(39)27-30-50(53)63/h1-33H. The summed E-state index contributed by atoms with van der Waals surface area (Å²) in [5.74, 6) is 0.812. The number of hydrogen-bond acceptors (Lipinski definition) is 2. The molecule has 0 radical (unpaired) electrons. The molecule has 0 aliphatic rings. The van der Waals surface area contributed by atoms with Crippen LogP contribution < -0.4 is 0 Å². The third-order valence-electron chi connectivity index (χ3n) is 13.7. The van der Waals surface area contributed by atoms with Gasteiger partial charge in [0.25, 0.3) is 0 Å². The molecule has 290 valence electrons. The van der Waals surface area contributed by atoms with E-state index in [2.05, 4.69) is 202 Å². The van der Waals surface area contributed by atoms with Crippen molar-refractivity contribution in [1.29, 1.82) is 0 Å². The highest BCUT2D eigenvalue weighted by Crippen LogP contribution is 2.47. The van der Waals surface area contributed by atoms with Gasteiger partial charge in [0.1, 0.15) is 5.69 Å². The molecular weight excluding hydrogens is 767 g/mol. The molecule has 0 bridgehead atoms. The second kappa shape index (κ2) is 12.1. The lowest BCUT2D eigenvalue weighted by molar-refractivity contribution is 1.08. The third kappa shape index (κ3) is 4.35. The molecule has 5 aromatic heterocycles. The molecule has 0 aliphatic carbocycles. The van der Waals surface area contributed by atoms with Gasteiger partial charge in [0.15, 0.2) is 5.82 Å². The zero-order valence-corrected chi connectivity index (χ0v) is 33.8. The molecular formula is C58H33N5. The SMILES string of the molecule is c1ccc2cc3c(cc2c1)c1c2c4ccccc4n4c5ccccc5c(cc1n3-c1ccc(-c3nc5ccccc5nc3-n3c5ccccc5c5c6ccccc6ccc53)cc1)c24. The Kier molecular flexibility index (Phi) is 6.36. The van der Waals surface area contributed by atoms with E-state index in [1.807, 2.05) is 12.1 Å².